The number of halogens is 1. The first kappa shape index (κ1) is 12.7. The molecule has 1 aliphatic rings. The fraction of sp³-hybridized carbons (Fsp3) is 0.400. The summed E-state index contributed by atoms with van der Waals surface area (Å²) in [5.74, 6) is 0.991. The van der Waals surface area contributed by atoms with Crippen molar-refractivity contribution in [3.05, 3.63) is 52.8 Å². The number of aromatic nitrogens is 2. The third-order valence-electron chi connectivity index (χ3n) is 3.91. The normalized spacial score (nSPS) is 23.5. The molecule has 1 aromatic carbocycles. The van der Waals surface area contributed by atoms with Gasteiger partial charge in [0.2, 0.25) is 0 Å². The minimum absolute atomic E-state index is 0.469. The topological polar surface area (TPSA) is 29.9 Å². The number of aryl methyl sites for hydroxylation is 1. The van der Waals surface area contributed by atoms with Crippen molar-refractivity contribution in [2.45, 2.75) is 18.3 Å². The van der Waals surface area contributed by atoms with E-state index < -0.39 is 0 Å². The second kappa shape index (κ2) is 5.35. The van der Waals surface area contributed by atoms with Crippen molar-refractivity contribution in [2.75, 3.05) is 13.1 Å². The molecule has 2 unspecified atom stereocenters. The summed E-state index contributed by atoms with van der Waals surface area (Å²) >= 11 is 6.13. The van der Waals surface area contributed by atoms with Gasteiger partial charge in [-0.15, -0.1) is 0 Å². The molecule has 3 nitrogen and oxygen atoms in total. The number of nitrogens with one attached hydrogen (secondary N) is 1. The largest absolute Gasteiger partial charge is 0.316 e. The zero-order valence-corrected chi connectivity index (χ0v) is 11.8. The van der Waals surface area contributed by atoms with Crippen molar-refractivity contribution in [1.82, 2.24) is 15.1 Å². The summed E-state index contributed by atoms with van der Waals surface area (Å²) in [6.07, 6.45) is 5.27. The molecule has 0 aliphatic carbocycles. The Labute approximate surface area is 118 Å². The minimum atomic E-state index is 0.469. The zero-order chi connectivity index (χ0) is 13.2. The lowest BCUT2D eigenvalue weighted by Crippen LogP contribution is -2.33. The summed E-state index contributed by atoms with van der Waals surface area (Å²) in [6.45, 7) is 2.07. The number of rotatable bonds is 2. The average Bonchev–Trinajstić information content (AvgIpc) is 2.85. The Bertz CT molecular complexity index is 564. The van der Waals surface area contributed by atoms with Gasteiger partial charge in [0.1, 0.15) is 0 Å². The fourth-order valence-corrected chi connectivity index (χ4v) is 3.18. The molecule has 2 heterocycles. The van der Waals surface area contributed by atoms with E-state index in [0.29, 0.717) is 11.8 Å². The fourth-order valence-electron chi connectivity index (χ4n) is 2.98. The first-order valence-corrected chi connectivity index (χ1v) is 7.06. The third-order valence-corrected chi connectivity index (χ3v) is 4.15. The number of nitrogens with zero attached hydrogens (tertiary/aromatic N) is 2. The number of hydrogen-bond acceptors (Lipinski definition) is 2. The molecule has 1 aliphatic heterocycles. The smallest absolute Gasteiger partial charge is 0.0524 e. The zero-order valence-electron chi connectivity index (χ0n) is 11.0. The molecule has 0 amide bonds. The quantitative estimate of drug-likeness (QED) is 0.913. The van der Waals surface area contributed by atoms with E-state index in [1.165, 1.54) is 11.1 Å². The molecule has 1 N–H and O–H groups in total. The van der Waals surface area contributed by atoms with Crippen molar-refractivity contribution < 1.29 is 0 Å². The van der Waals surface area contributed by atoms with Crippen LogP contribution in [0.1, 0.15) is 29.4 Å². The van der Waals surface area contributed by atoms with Crippen molar-refractivity contribution in [3.8, 4) is 0 Å². The highest BCUT2D eigenvalue weighted by Gasteiger charge is 2.28. The second-order valence-corrected chi connectivity index (χ2v) is 5.64. The van der Waals surface area contributed by atoms with E-state index in [4.69, 9.17) is 11.6 Å². The summed E-state index contributed by atoms with van der Waals surface area (Å²) < 4.78 is 1.88. The summed E-state index contributed by atoms with van der Waals surface area (Å²) in [4.78, 5) is 0. The van der Waals surface area contributed by atoms with Gasteiger partial charge in [-0.25, -0.2) is 0 Å². The van der Waals surface area contributed by atoms with Gasteiger partial charge in [0, 0.05) is 30.7 Å². The molecule has 0 saturated carbocycles. The van der Waals surface area contributed by atoms with Crippen molar-refractivity contribution >= 4 is 11.6 Å². The van der Waals surface area contributed by atoms with Crippen LogP contribution in [0, 0.1) is 0 Å². The van der Waals surface area contributed by atoms with Crippen LogP contribution in [0.25, 0.3) is 0 Å². The molecule has 0 bridgehead atoms. The molecule has 1 saturated heterocycles. The Hall–Kier alpha value is -1.32. The van der Waals surface area contributed by atoms with Gasteiger partial charge in [-0.2, -0.15) is 5.10 Å². The molecule has 1 aromatic heterocycles. The maximum absolute atomic E-state index is 6.13. The lowest BCUT2D eigenvalue weighted by atomic mass is 9.78. The van der Waals surface area contributed by atoms with Crippen LogP contribution in [0.5, 0.6) is 0 Å². The maximum Gasteiger partial charge on any atom is 0.0524 e. The van der Waals surface area contributed by atoms with Crippen molar-refractivity contribution in [1.29, 1.82) is 0 Å². The first-order valence-electron chi connectivity index (χ1n) is 6.69. The van der Waals surface area contributed by atoms with E-state index in [0.717, 1.165) is 24.5 Å². The Morgan fingerprint density at radius 2 is 2.21 bits per heavy atom. The van der Waals surface area contributed by atoms with Crippen LogP contribution in [0.2, 0.25) is 5.02 Å². The van der Waals surface area contributed by atoms with Crippen LogP contribution in [-0.4, -0.2) is 22.9 Å². The highest BCUT2D eigenvalue weighted by Crippen LogP contribution is 2.37. The number of piperidine rings is 1. The molecular weight excluding hydrogens is 258 g/mol. The Kier molecular flexibility index (Phi) is 3.58. The van der Waals surface area contributed by atoms with E-state index >= 15 is 0 Å². The van der Waals surface area contributed by atoms with Gasteiger partial charge >= 0.3 is 0 Å². The summed E-state index contributed by atoms with van der Waals surface area (Å²) in [5, 5.41) is 8.61. The second-order valence-electron chi connectivity index (χ2n) is 5.21. The number of hydrogen-bond donors (Lipinski definition) is 1. The van der Waals surface area contributed by atoms with Crippen molar-refractivity contribution in [2.24, 2.45) is 7.05 Å². The molecule has 1 fully saturated rings. The highest BCUT2D eigenvalue weighted by molar-refractivity contribution is 6.30. The molecule has 19 heavy (non-hydrogen) atoms. The summed E-state index contributed by atoms with van der Waals surface area (Å²) in [6, 6.07) is 8.22. The molecule has 3 rings (SSSR count). The predicted molar refractivity (Wildman–Crippen MR) is 77.6 cm³/mol. The van der Waals surface area contributed by atoms with Crippen LogP contribution < -0.4 is 5.32 Å². The van der Waals surface area contributed by atoms with E-state index in [-0.39, 0.29) is 0 Å². The Balaban J connectivity index is 1.93. The van der Waals surface area contributed by atoms with Gasteiger partial charge < -0.3 is 5.32 Å². The average molecular weight is 276 g/mol. The van der Waals surface area contributed by atoms with E-state index in [1.807, 2.05) is 30.1 Å². The van der Waals surface area contributed by atoms with E-state index in [2.05, 4.69) is 28.7 Å². The van der Waals surface area contributed by atoms with Crippen LogP contribution in [-0.2, 0) is 7.05 Å². The van der Waals surface area contributed by atoms with E-state index in [1.54, 1.807) is 0 Å². The molecule has 2 atom stereocenters. The molecule has 0 radical (unpaired) electrons. The molecular formula is C15H18ClN3. The Morgan fingerprint density at radius 1 is 1.32 bits per heavy atom. The molecule has 0 spiro atoms. The van der Waals surface area contributed by atoms with Gasteiger partial charge in [0.15, 0.2) is 0 Å². The van der Waals surface area contributed by atoms with Gasteiger partial charge in [0.05, 0.1) is 6.20 Å². The van der Waals surface area contributed by atoms with Crippen LogP contribution in [0.15, 0.2) is 36.7 Å². The molecule has 100 valence electrons. The van der Waals surface area contributed by atoms with Crippen LogP contribution >= 0.6 is 11.6 Å². The van der Waals surface area contributed by atoms with Crippen molar-refractivity contribution in [3.63, 3.8) is 0 Å². The predicted octanol–water partition coefficient (Wildman–Crippen LogP) is 2.93. The third kappa shape index (κ3) is 2.67. The van der Waals surface area contributed by atoms with Gasteiger partial charge in [0.25, 0.3) is 0 Å². The highest BCUT2D eigenvalue weighted by atomic mass is 35.5. The standard InChI is InChI=1S/C15H18ClN3/c1-19-10-12(8-18-19)14-5-6-17-9-15(14)11-3-2-4-13(16)7-11/h2-4,7-8,10,14-15,17H,5-6,9H2,1H3. The monoisotopic (exact) mass is 275 g/mol. The number of benzene rings is 1. The van der Waals surface area contributed by atoms with E-state index in [9.17, 15) is 0 Å². The molecule has 4 heteroatoms. The lowest BCUT2D eigenvalue weighted by molar-refractivity contribution is 0.404. The van der Waals surface area contributed by atoms with Gasteiger partial charge in [-0.3, -0.25) is 4.68 Å². The van der Waals surface area contributed by atoms with Gasteiger partial charge in [-0.1, -0.05) is 23.7 Å². The first-order chi connectivity index (χ1) is 9.24. The minimum Gasteiger partial charge on any atom is -0.316 e. The van der Waals surface area contributed by atoms with Crippen LogP contribution in [0.4, 0.5) is 0 Å². The maximum atomic E-state index is 6.13. The van der Waals surface area contributed by atoms with Gasteiger partial charge in [-0.05, 0) is 42.1 Å². The summed E-state index contributed by atoms with van der Waals surface area (Å²) in [7, 11) is 1.97. The molecule has 2 aromatic rings. The SMILES string of the molecule is Cn1cc(C2CCNCC2c2cccc(Cl)c2)cn1. The Morgan fingerprint density at radius 3 is 2.95 bits per heavy atom. The lowest BCUT2D eigenvalue weighted by Gasteiger charge is -2.32. The summed E-state index contributed by atoms with van der Waals surface area (Å²) in [5.41, 5.74) is 2.64. The van der Waals surface area contributed by atoms with Crippen LogP contribution in [0.3, 0.4) is 0 Å².